The molecule has 0 heterocycles. The minimum absolute atomic E-state index is 0.00757. The Kier molecular flexibility index (Phi) is 3.13. The molecule has 2 rings (SSSR count). The first-order valence-corrected chi connectivity index (χ1v) is 6.20. The summed E-state index contributed by atoms with van der Waals surface area (Å²) in [5.74, 6) is 0.00757. The molecule has 0 bridgehead atoms. The second kappa shape index (κ2) is 4.38. The highest BCUT2D eigenvalue weighted by Gasteiger charge is 2.42. The van der Waals surface area contributed by atoms with Gasteiger partial charge in [0.05, 0.1) is 0 Å². The Morgan fingerprint density at radius 1 is 1.20 bits per heavy atom. The normalized spacial score (nSPS) is 28.9. The van der Waals surface area contributed by atoms with Crippen LogP contribution in [0.3, 0.4) is 0 Å². The summed E-state index contributed by atoms with van der Waals surface area (Å²) >= 11 is 0. The van der Waals surface area contributed by atoms with Crippen molar-refractivity contribution in [3.05, 3.63) is 12.7 Å². The average molecular weight is 207 g/mol. The Labute approximate surface area is 92.1 Å². The molecule has 2 heteroatoms. The van der Waals surface area contributed by atoms with Gasteiger partial charge in [0.15, 0.2) is 0 Å². The number of amides is 1. The van der Waals surface area contributed by atoms with Gasteiger partial charge in [0.25, 0.3) is 0 Å². The van der Waals surface area contributed by atoms with Crippen molar-refractivity contribution in [1.82, 2.24) is 5.32 Å². The summed E-state index contributed by atoms with van der Waals surface area (Å²) in [6, 6.07) is 0.416. The van der Waals surface area contributed by atoms with Crippen LogP contribution in [0.5, 0.6) is 0 Å². The van der Waals surface area contributed by atoms with E-state index in [0.717, 1.165) is 0 Å². The van der Waals surface area contributed by atoms with Crippen LogP contribution < -0.4 is 5.32 Å². The Morgan fingerprint density at radius 2 is 1.80 bits per heavy atom. The third kappa shape index (κ3) is 2.09. The predicted octanol–water partition coefficient (Wildman–Crippen LogP) is 2.79. The number of hydrogen-bond acceptors (Lipinski definition) is 1. The average Bonchev–Trinajstić information content (AvgIpc) is 2.71. The zero-order valence-corrected chi connectivity index (χ0v) is 9.43. The van der Waals surface area contributed by atoms with Gasteiger partial charge < -0.3 is 5.32 Å². The molecule has 2 fully saturated rings. The maximum absolute atomic E-state index is 11.4. The van der Waals surface area contributed by atoms with Gasteiger partial charge in [-0.25, -0.2) is 0 Å². The third-order valence-corrected chi connectivity index (χ3v) is 4.26. The largest absolute Gasteiger partial charge is 0.349 e. The SMILES string of the molecule is C=CC(=O)NC1CCCCC12CCCC2. The number of nitrogens with one attached hydrogen (secondary N) is 1. The van der Waals surface area contributed by atoms with Gasteiger partial charge in [0, 0.05) is 6.04 Å². The fraction of sp³-hybridized carbons (Fsp3) is 0.769. The second-order valence-corrected chi connectivity index (χ2v) is 5.08. The molecule has 2 saturated carbocycles. The van der Waals surface area contributed by atoms with Crippen molar-refractivity contribution in [1.29, 1.82) is 0 Å². The van der Waals surface area contributed by atoms with Crippen molar-refractivity contribution in [2.75, 3.05) is 0 Å². The summed E-state index contributed by atoms with van der Waals surface area (Å²) < 4.78 is 0. The van der Waals surface area contributed by atoms with E-state index in [2.05, 4.69) is 11.9 Å². The van der Waals surface area contributed by atoms with Crippen molar-refractivity contribution in [3.63, 3.8) is 0 Å². The Morgan fingerprint density at radius 3 is 2.40 bits per heavy atom. The molecule has 2 aliphatic rings. The highest BCUT2D eigenvalue weighted by atomic mass is 16.1. The van der Waals surface area contributed by atoms with Gasteiger partial charge in [0.2, 0.25) is 5.91 Å². The Bertz CT molecular complexity index is 253. The topological polar surface area (TPSA) is 29.1 Å². The first-order chi connectivity index (χ1) is 7.27. The van der Waals surface area contributed by atoms with Crippen LogP contribution in [0, 0.1) is 5.41 Å². The molecule has 0 aromatic heterocycles. The molecule has 1 unspecified atom stereocenters. The number of rotatable bonds is 2. The van der Waals surface area contributed by atoms with Gasteiger partial charge in [-0.05, 0) is 37.2 Å². The molecular weight excluding hydrogens is 186 g/mol. The van der Waals surface area contributed by atoms with Crippen LogP contribution in [0.4, 0.5) is 0 Å². The molecule has 1 N–H and O–H groups in total. The summed E-state index contributed by atoms with van der Waals surface area (Å²) in [6.07, 6.45) is 11.8. The van der Waals surface area contributed by atoms with Crippen LogP contribution in [0.2, 0.25) is 0 Å². The van der Waals surface area contributed by atoms with E-state index in [1.807, 2.05) is 0 Å². The highest BCUT2D eigenvalue weighted by molar-refractivity contribution is 5.87. The molecule has 0 aromatic rings. The summed E-state index contributed by atoms with van der Waals surface area (Å²) in [5, 5.41) is 3.14. The lowest BCUT2D eigenvalue weighted by molar-refractivity contribution is -0.118. The van der Waals surface area contributed by atoms with Crippen molar-refractivity contribution < 1.29 is 4.79 Å². The van der Waals surface area contributed by atoms with Crippen LogP contribution in [0.15, 0.2) is 12.7 Å². The first-order valence-electron chi connectivity index (χ1n) is 6.20. The molecular formula is C13H21NO. The molecule has 2 aliphatic carbocycles. The lowest BCUT2D eigenvalue weighted by Gasteiger charge is -2.41. The fourth-order valence-corrected chi connectivity index (χ4v) is 3.44. The zero-order chi connectivity index (χ0) is 10.7. The molecule has 1 spiro atoms. The molecule has 0 radical (unpaired) electrons. The predicted molar refractivity (Wildman–Crippen MR) is 61.5 cm³/mol. The molecule has 1 amide bonds. The van der Waals surface area contributed by atoms with Gasteiger partial charge >= 0.3 is 0 Å². The third-order valence-electron chi connectivity index (χ3n) is 4.26. The molecule has 15 heavy (non-hydrogen) atoms. The molecule has 2 nitrogen and oxygen atoms in total. The monoisotopic (exact) mass is 207 g/mol. The maximum Gasteiger partial charge on any atom is 0.243 e. The van der Waals surface area contributed by atoms with Crippen molar-refractivity contribution in [2.45, 2.75) is 57.4 Å². The molecule has 0 aromatic carbocycles. The van der Waals surface area contributed by atoms with Crippen LogP contribution in [0.25, 0.3) is 0 Å². The van der Waals surface area contributed by atoms with Gasteiger partial charge in [-0.3, -0.25) is 4.79 Å². The van der Waals surface area contributed by atoms with E-state index in [1.165, 1.54) is 57.4 Å². The summed E-state index contributed by atoms with van der Waals surface area (Å²) in [7, 11) is 0. The number of carbonyl (C=O) groups excluding carboxylic acids is 1. The van der Waals surface area contributed by atoms with Crippen molar-refractivity contribution in [3.8, 4) is 0 Å². The highest BCUT2D eigenvalue weighted by Crippen LogP contribution is 2.48. The minimum Gasteiger partial charge on any atom is -0.349 e. The van der Waals surface area contributed by atoms with E-state index in [1.54, 1.807) is 0 Å². The number of carbonyl (C=O) groups is 1. The first kappa shape index (κ1) is 10.7. The quantitative estimate of drug-likeness (QED) is 0.693. The van der Waals surface area contributed by atoms with Gasteiger partial charge in [-0.1, -0.05) is 32.3 Å². The summed E-state index contributed by atoms with van der Waals surface area (Å²) in [5.41, 5.74) is 0.441. The van der Waals surface area contributed by atoms with Crippen LogP contribution in [-0.2, 0) is 4.79 Å². The Balaban J connectivity index is 2.05. The van der Waals surface area contributed by atoms with Crippen molar-refractivity contribution in [2.24, 2.45) is 5.41 Å². The van der Waals surface area contributed by atoms with Crippen LogP contribution in [-0.4, -0.2) is 11.9 Å². The van der Waals surface area contributed by atoms with Gasteiger partial charge in [0.1, 0.15) is 0 Å². The van der Waals surface area contributed by atoms with E-state index in [9.17, 15) is 4.79 Å². The molecule has 0 saturated heterocycles. The van der Waals surface area contributed by atoms with Gasteiger partial charge in [-0.2, -0.15) is 0 Å². The lowest BCUT2D eigenvalue weighted by Crippen LogP contribution is -2.48. The standard InChI is InChI=1S/C13H21NO/c1-2-12(15)14-11-7-3-4-8-13(11)9-5-6-10-13/h2,11H,1,3-10H2,(H,14,15). The fourth-order valence-electron chi connectivity index (χ4n) is 3.44. The summed E-state index contributed by atoms with van der Waals surface area (Å²) in [4.78, 5) is 11.4. The molecule has 84 valence electrons. The van der Waals surface area contributed by atoms with Gasteiger partial charge in [-0.15, -0.1) is 0 Å². The van der Waals surface area contributed by atoms with E-state index in [4.69, 9.17) is 0 Å². The number of hydrogen-bond donors (Lipinski definition) is 1. The molecule has 1 atom stereocenters. The van der Waals surface area contributed by atoms with E-state index in [0.29, 0.717) is 11.5 Å². The smallest absolute Gasteiger partial charge is 0.243 e. The van der Waals surface area contributed by atoms with Crippen molar-refractivity contribution >= 4 is 5.91 Å². The van der Waals surface area contributed by atoms with E-state index in [-0.39, 0.29) is 5.91 Å². The molecule has 0 aliphatic heterocycles. The van der Waals surface area contributed by atoms with Crippen LogP contribution >= 0.6 is 0 Å². The van der Waals surface area contributed by atoms with Crippen LogP contribution in [0.1, 0.15) is 51.4 Å². The zero-order valence-electron chi connectivity index (χ0n) is 9.43. The van der Waals surface area contributed by atoms with E-state index >= 15 is 0 Å². The maximum atomic E-state index is 11.4. The summed E-state index contributed by atoms with van der Waals surface area (Å²) in [6.45, 7) is 3.53. The second-order valence-electron chi connectivity index (χ2n) is 5.08. The Hall–Kier alpha value is -0.790. The van der Waals surface area contributed by atoms with E-state index < -0.39 is 0 Å². The lowest BCUT2D eigenvalue weighted by atomic mass is 9.69. The minimum atomic E-state index is 0.00757.